The van der Waals surface area contributed by atoms with Crippen LogP contribution in [-0.4, -0.2) is 40.8 Å². The zero-order valence-corrected chi connectivity index (χ0v) is 17.5. The first-order chi connectivity index (χ1) is 14.2. The van der Waals surface area contributed by atoms with E-state index in [1.807, 2.05) is 6.07 Å². The van der Waals surface area contributed by atoms with Crippen LogP contribution in [0.15, 0.2) is 40.2 Å². The van der Waals surface area contributed by atoms with Gasteiger partial charge in [0.2, 0.25) is 11.7 Å². The molecule has 1 aromatic carbocycles. The van der Waals surface area contributed by atoms with Crippen molar-refractivity contribution in [3.05, 3.63) is 57.9 Å². The number of rotatable bonds is 9. The summed E-state index contributed by atoms with van der Waals surface area (Å²) in [6.07, 6.45) is 4.25. The van der Waals surface area contributed by atoms with E-state index < -0.39 is 0 Å². The van der Waals surface area contributed by atoms with Crippen LogP contribution in [0.3, 0.4) is 0 Å². The van der Waals surface area contributed by atoms with Gasteiger partial charge in [0.1, 0.15) is 5.82 Å². The van der Waals surface area contributed by atoms with Crippen molar-refractivity contribution in [2.45, 2.75) is 45.3 Å². The molecule has 0 bridgehead atoms. The Kier molecular flexibility index (Phi) is 6.69. The van der Waals surface area contributed by atoms with Crippen molar-refractivity contribution in [3.63, 3.8) is 0 Å². The number of hydrogen-bond acceptors (Lipinski definition) is 6. The average Bonchev–Trinajstić information content (AvgIpc) is 3.47. The molecule has 2 aromatic heterocycles. The van der Waals surface area contributed by atoms with Gasteiger partial charge < -0.3 is 9.26 Å². The lowest BCUT2D eigenvalue weighted by atomic mass is 10.1. The molecule has 1 fully saturated rings. The molecule has 1 aliphatic rings. The molecule has 1 unspecified atom stereocenters. The summed E-state index contributed by atoms with van der Waals surface area (Å²) in [6, 6.07) is 9.27. The van der Waals surface area contributed by atoms with Gasteiger partial charge in [-0.3, -0.25) is 4.90 Å². The molecule has 1 saturated heterocycles. The van der Waals surface area contributed by atoms with Crippen molar-refractivity contribution >= 4 is 11.3 Å². The molecule has 4 rings (SSSR count). The van der Waals surface area contributed by atoms with E-state index in [1.54, 1.807) is 24.3 Å². The summed E-state index contributed by atoms with van der Waals surface area (Å²) in [4.78, 5) is 8.26. The summed E-state index contributed by atoms with van der Waals surface area (Å²) in [6.45, 7) is 5.45. The highest BCUT2D eigenvalue weighted by Gasteiger charge is 2.20. The van der Waals surface area contributed by atoms with Crippen molar-refractivity contribution in [2.24, 2.45) is 0 Å². The van der Waals surface area contributed by atoms with Crippen molar-refractivity contribution in [2.75, 3.05) is 19.7 Å². The molecule has 0 radical (unpaired) electrons. The fourth-order valence-electron chi connectivity index (χ4n) is 3.59. The Hall–Kier alpha value is -2.09. The fourth-order valence-corrected chi connectivity index (χ4v) is 4.34. The van der Waals surface area contributed by atoms with Gasteiger partial charge in [0, 0.05) is 36.6 Å². The summed E-state index contributed by atoms with van der Waals surface area (Å²) in [5.74, 6) is 0.773. The standard InChI is InChI=1S/C22H26FN3O2S/c1-16-8-9-17(13-20(16)23)22-24-21(28-25-22)7-2-10-26(14-18-5-3-11-27-18)15-19-6-4-12-29-19/h4,6,8-9,12-13,18H,2-3,5,7,10-11,14-15H2,1H3. The third-order valence-electron chi connectivity index (χ3n) is 5.21. The number of nitrogens with zero attached hydrogens (tertiary/aromatic N) is 3. The molecule has 7 heteroatoms. The second-order valence-corrected chi connectivity index (χ2v) is 8.56. The molecule has 0 amide bonds. The summed E-state index contributed by atoms with van der Waals surface area (Å²) < 4.78 is 25.0. The summed E-state index contributed by atoms with van der Waals surface area (Å²) in [5.41, 5.74) is 1.25. The van der Waals surface area contributed by atoms with E-state index in [9.17, 15) is 4.39 Å². The SMILES string of the molecule is Cc1ccc(-c2noc(CCCN(Cc3cccs3)CC3CCCO3)n2)cc1F. The lowest BCUT2D eigenvalue weighted by molar-refractivity contribution is 0.0703. The van der Waals surface area contributed by atoms with Crippen molar-refractivity contribution < 1.29 is 13.7 Å². The van der Waals surface area contributed by atoms with Gasteiger partial charge in [-0.15, -0.1) is 11.3 Å². The molecule has 154 valence electrons. The predicted molar refractivity (Wildman–Crippen MR) is 111 cm³/mol. The van der Waals surface area contributed by atoms with Crippen LogP contribution < -0.4 is 0 Å². The van der Waals surface area contributed by atoms with E-state index in [4.69, 9.17) is 9.26 Å². The lowest BCUT2D eigenvalue weighted by Crippen LogP contribution is -2.32. The van der Waals surface area contributed by atoms with Crippen molar-refractivity contribution in [1.82, 2.24) is 15.0 Å². The van der Waals surface area contributed by atoms with Crippen LogP contribution in [0.4, 0.5) is 4.39 Å². The monoisotopic (exact) mass is 415 g/mol. The number of aromatic nitrogens is 2. The Bertz CT molecular complexity index is 907. The first-order valence-corrected chi connectivity index (χ1v) is 11.0. The van der Waals surface area contributed by atoms with E-state index in [0.717, 1.165) is 45.5 Å². The van der Waals surface area contributed by atoms with E-state index >= 15 is 0 Å². The van der Waals surface area contributed by atoms with Gasteiger partial charge in [0.05, 0.1) is 6.10 Å². The maximum absolute atomic E-state index is 13.8. The Morgan fingerprint density at radius 2 is 2.24 bits per heavy atom. The molecule has 0 aliphatic carbocycles. The molecule has 0 spiro atoms. The highest BCUT2D eigenvalue weighted by atomic mass is 32.1. The van der Waals surface area contributed by atoms with Crippen LogP contribution in [-0.2, 0) is 17.7 Å². The van der Waals surface area contributed by atoms with Gasteiger partial charge in [-0.05, 0) is 55.8 Å². The average molecular weight is 416 g/mol. The highest BCUT2D eigenvalue weighted by molar-refractivity contribution is 7.09. The van der Waals surface area contributed by atoms with Crippen LogP contribution in [0.1, 0.15) is 35.6 Å². The van der Waals surface area contributed by atoms with Crippen LogP contribution in [0.5, 0.6) is 0 Å². The largest absolute Gasteiger partial charge is 0.377 e. The molecular weight excluding hydrogens is 389 g/mol. The Morgan fingerprint density at radius 3 is 3.00 bits per heavy atom. The second kappa shape index (κ2) is 9.61. The smallest absolute Gasteiger partial charge is 0.227 e. The predicted octanol–water partition coefficient (Wildman–Crippen LogP) is 4.86. The van der Waals surface area contributed by atoms with E-state index in [-0.39, 0.29) is 5.82 Å². The molecule has 1 aliphatic heterocycles. The topological polar surface area (TPSA) is 51.4 Å². The summed E-state index contributed by atoms with van der Waals surface area (Å²) in [5, 5.41) is 6.13. The molecule has 3 heterocycles. The van der Waals surface area contributed by atoms with Gasteiger partial charge in [-0.25, -0.2) is 4.39 Å². The zero-order valence-electron chi connectivity index (χ0n) is 16.6. The molecule has 3 aromatic rings. The Balaban J connectivity index is 1.33. The summed E-state index contributed by atoms with van der Waals surface area (Å²) in [7, 11) is 0. The Morgan fingerprint density at radius 1 is 1.31 bits per heavy atom. The first-order valence-electron chi connectivity index (χ1n) is 10.1. The van der Waals surface area contributed by atoms with Crippen molar-refractivity contribution in [1.29, 1.82) is 0 Å². The fraction of sp³-hybridized carbons (Fsp3) is 0.455. The second-order valence-electron chi connectivity index (χ2n) is 7.53. The lowest BCUT2D eigenvalue weighted by Gasteiger charge is -2.24. The van der Waals surface area contributed by atoms with Crippen molar-refractivity contribution in [3.8, 4) is 11.4 Å². The number of hydrogen-bond donors (Lipinski definition) is 0. The third-order valence-corrected chi connectivity index (χ3v) is 6.07. The van der Waals surface area contributed by atoms with Crippen LogP contribution in [0.25, 0.3) is 11.4 Å². The van der Waals surface area contributed by atoms with Gasteiger partial charge in [-0.1, -0.05) is 23.4 Å². The van der Waals surface area contributed by atoms with Crippen LogP contribution in [0.2, 0.25) is 0 Å². The number of aryl methyl sites for hydroxylation is 2. The van der Waals surface area contributed by atoms with E-state index in [2.05, 4.69) is 32.6 Å². The number of halogens is 1. The van der Waals surface area contributed by atoms with E-state index in [0.29, 0.717) is 35.4 Å². The maximum Gasteiger partial charge on any atom is 0.227 e. The normalized spacial score (nSPS) is 16.7. The first kappa shape index (κ1) is 20.2. The minimum atomic E-state index is -0.257. The van der Waals surface area contributed by atoms with E-state index in [1.165, 1.54) is 10.9 Å². The molecule has 0 saturated carbocycles. The number of thiophene rings is 1. The zero-order chi connectivity index (χ0) is 20.1. The van der Waals surface area contributed by atoms with Crippen LogP contribution in [0, 0.1) is 12.7 Å². The Labute approximate surface area is 174 Å². The van der Waals surface area contributed by atoms with Gasteiger partial charge in [0.15, 0.2) is 0 Å². The quantitative estimate of drug-likeness (QED) is 0.500. The summed E-state index contributed by atoms with van der Waals surface area (Å²) >= 11 is 1.79. The molecule has 5 nitrogen and oxygen atoms in total. The molecular formula is C22H26FN3O2S. The minimum Gasteiger partial charge on any atom is -0.377 e. The highest BCUT2D eigenvalue weighted by Crippen LogP contribution is 2.20. The third kappa shape index (κ3) is 5.50. The molecule has 29 heavy (non-hydrogen) atoms. The van der Waals surface area contributed by atoms with Gasteiger partial charge >= 0.3 is 0 Å². The minimum absolute atomic E-state index is 0.257. The molecule has 0 N–H and O–H groups in total. The number of benzene rings is 1. The molecule has 1 atom stereocenters. The number of ether oxygens (including phenoxy) is 1. The van der Waals surface area contributed by atoms with Gasteiger partial charge in [-0.2, -0.15) is 4.98 Å². The maximum atomic E-state index is 13.8. The van der Waals surface area contributed by atoms with Gasteiger partial charge in [0.25, 0.3) is 0 Å². The van der Waals surface area contributed by atoms with Crippen LogP contribution >= 0.6 is 11.3 Å².